The molecule has 0 unspecified atom stereocenters. The average Bonchev–Trinajstić information content (AvgIpc) is 2.63. The number of hydrogen-bond acceptors (Lipinski definition) is 5. The molecule has 26 heavy (non-hydrogen) atoms. The Hall–Kier alpha value is -1.96. The molecule has 0 N–H and O–H groups in total. The first-order valence-corrected chi connectivity index (χ1v) is 8.81. The van der Waals surface area contributed by atoms with Crippen LogP contribution in [0.5, 0.6) is 0 Å². The Labute approximate surface area is 159 Å². The van der Waals surface area contributed by atoms with Crippen LogP contribution >= 0.6 is 23.2 Å². The number of halogens is 3. The summed E-state index contributed by atoms with van der Waals surface area (Å²) in [7, 11) is 0. The predicted molar refractivity (Wildman–Crippen MR) is 98.7 cm³/mol. The van der Waals surface area contributed by atoms with Crippen molar-refractivity contribution in [1.29, 1.82) is 0 Å². The molecule has 0 bridgehead atoms. The summed E-state index contributed by atoms with van der Waals surface area (Å²) in [5.74, 6) is -0.576. The van der Waals surface area contributed by atoms with Gasteiger partial charge in [0.25, 0.3) is 5.56 Å². The molecule has 1 aliphatic heterocycles. The van der Waals surface area contributed by atoms with E-state index in [1.54, 1.807) is 12.1 Å². The molecule has 1 saturated heterocycles. The number of carbonyl (C=O) groups excluding carboxylic acids is 1. The van der Waals surface area contributed by atoms with E-state index in [0.717, 1.165) is 0 Å². The fraction of sp³-hybridized carbons (Fsp3) is 0.353. The summed E-state index contributed by atoms with van der Waals surface area (Å²) in [4.78, 5) is 27.3. The topological polar surface area (TPSA) is 58.4 Å². The number of benzene rings is 1. The number of carbonyl (C=O) groups is 1. The van der Waals surface area contributed by atoms with Crippen molar-refractivity contribution in [2.45, 2.75) is 13.6 Å². The zero-order valence-electron chi connectivity index (χ0n) is 14.1. The van der Waals surface area contributed by atoms with Crippen molar-refractivity contribution in [1.82, 2.24) is 14.7 Å². The van der Waals surface area contributed by atoms with Gasteiger partial charge in [0.1, 0.15) is 10.8 Å². The Morgan fingerprint density at radius 3 is 2.54 bits per heavy atom. The van der Waals surface area contributed by atoms with Crippen molar-refractivity contribution in [2.24, 2.45) is 0 Å². The molecule has 2 aromatic rings. The minimum absolute atomic E-state index is 0.0482. The molecular formula is C17H17Cl2FN4O2. The number of rotatable bonds is 4. The van der Waals surface area contributed by atoms with Crippen molar-refractivity contribution in [2.75, 3.05) is 31.1 Å². The molecule has 0 spiro atoms. The molecule has 6 nitrogen and oxygen atoms in total. The van der Waals surface area contributed by atoms with Gasteiger partial charge in [-0.3, -0.25) is 14.5 Å². The second-order valence-corrected chi connectivity index (χ2v) is 6.87. The highest BCUT2D eigenvalue weighted by molar-refractivity contribution is 6.41. The Balaban J connectivity index is 1.66. The SMILES string of the molecule is CC(=O)c1ccc(N2CCN(Cn3ncc(Cl)c(Cl)c3=O)CC2)c(F)c1. The Bertz CT molecular complexity index is 895. The minimum Gasteiger partial charge on any atom is -0.367 e. The summed E-state index contributed by atoms with van der Waals surface area (Å²) in [6.45, 7) is 4.13. The molecule has 0 saturated carbocycles. The van der Waals surface area contributed by atoms with Gasteiger partial charge in [0.05, 0.1) is 23.6 Å². The normalized spacial score (nSPS) is 15.3. The fourth-order valence-corrected chi connectivity index (χ4v) is 3.12. The van der Waals surface area contributed by atoms with Crippen molar-refractivity contribution < 1.29 is 9.18 Å². The van der Waals surface area contributed by atoms with Crippen LogP contribution in [-0.2, 0) is 6.67 Å². The Kier molecular flexibility index (Phi) is 5.60. The molecule has 0 aliphatic carbocycles. The smallest absolute Gasteiger partial charge is 0.288 e. The van der Waals surface area contributed by atoms with Crippen LogP contribution in [0.25, 0.3) is 0 Å². The number of anilines is 1. The van der Waals surface area contributed by atoms with Gasteiger partial charge in [-0.05, 0) is 25.1 Å². The molecule has 1 aromatic carbocycles. The molecule has 1 aliphatic rings. The maximum absolute atomic E-state index is 14.3. The van der Waals surface area contributed by atoms with E-state index in [4.69, 9.17) is 23.2 Å². The number of Topliss-reactive ketones (excluding diaryl/α,β-unsaturated/α-hetero) is 1. The zero-order valence-corrected chi connectivity index (χ0v) is 15.6. The summed E-state index contributed by atoms with van der Waals surface area (Å²) >= 11 is 11.6. The number of nitrogens with zero attached hydrogens (tertiary/aromatic N) is 4. The van der Waals surface area contributed by atoms with E-state index in [9.17, 15) is 14.0 Å². The van der Waals surface area contributed by atoms with Crippen molar-refractivity contribution in [3.8, 4) is 0 Å². The number of hydrogen-bond donors (Lipinski definition) is 0. The molecule has 3 rings (SSSR count). The average molecular weight is 399 g/mol. The van der Waals surface area contributed by atoms with Crippen LogP contribution in [0.1, 0.15) is 17.3 Å². The van der Waals surface area contributed by atoms with E-state index in [1.807, 2.05) is 9.80 Å². The second kappa shape index (κ2) is 7.73. The Morgan fingerprint density at radius 2 is 1.92 bits per heavy atom. The molecule has 138 valence electrons. The summed E-state index contributed by atoms with van der Waals surface area (Å²) in [5, 5.41) is 4.07. The maximum Gasteiger partial charge on any atom is 0.288 e. The van der Waals surface area contributed by atoms with Crippen LogP contribution in [0, 0.1) is 5.82 Å². The zero-order chi connectivity index (χ0) is 18.8. The van der Waals surface area contributed by atoms with Crippen molar-refractivity contribution in [3.63, 3.8) is 0 Å². The summed E-state index contributed by atoms with van der Waals surface area (Å²) in [5.41, 5.74) is 0.391. The third-order valence-corrected chi connectivity index (χ3v) is 5.09. The summed E-state index contributed by atoms with van der Waals surface area (Å²) < 4.78 is 15.5. The van der Waals surface area contributed by atoms with Crippen LogP contribution in [0.2, 0.25) is 10.0 Å². The molecule has 0 amide bonds. The van der Waals surface area contributed by atoms with Crippen LogP contribution in [-0.4, -0.2) is 46.6 Å². The van der Waals surface area contributed by atoms with E-state index < -0.39 is 11.4 Å². The largest absolute Gasteiger partial charge is 0.367 e. The highest BCUT2D eigenvalue weighted by Gasteiger charge is 2.21. The quantitative estimate of drug-likeness (QED) is 0.740. The first-order chi connectivity index (χ1) is 12.4. The minimum atomic E-state index is -0.438. The third kappa shape index (κ3) is 3.90. The fourth-order valence-electron chi connectivity index (χ4n) is 2.85. The molecule has 2 heterocycles. The first kappa shape index (κ1) is 18.8. The van der Waals surface area contributed by atoms with E-state index in [0.29, 0.717) is 37.4 Å². The monoisotopic (exact) mass is 398 g/mol. The molecule has 0 radical (unpaired) electrons. The lowest BCUT2D eigenvalue weighted by molar-refractivity contribution is 0.101. The molecular weight excluding hydrogens is 382 g/mol. The van der Waals surface area contributed by atoms with E-state index in [2.05, 4.69) is 5.10 Å². The molecule has 1 aromatic heterocycles. The van der Waals surface area contributed by atoms with Gasteiger partial charge in [-0.25, -0.2) is 9.07 Å². The number of ketones is 1. The van der Waals surface area contributed by atoms with Crippen LogP contribution in [0.3, 0.4) is 0 Å². The third-order valence-electron chi connectivity index (χ3n) is 4.34. The molecule has 0 atom stereocenters. The lowest BCUT2D eigenvalue weighted by atomic mass is 10.1. The lowest BCUT2D eigenvalue weighted by Crippen LogP contribution is -2.48. The van der Waals surface area contributed by atoms with Crippen molar-refractivity contribution >= 4 is 34.7 Å². The van der Waals surface area contributed by atoms with Gasteiger partial charge in [0.2, 0.25) is 0 Å². The van der Waals surface area contributed by atoms with Gasteiger partial charge in [-0.2, -0.15) is 5.10 Å². The van der Waals surface area contributed by atoms with Gasteiger partial charge in [0.15, 0.2) is 5.78 Å². The second-order valence-electron chi connectivity index (χ2n) is 6.08. The van der Waals surface area contributed by atoms with Gasteiger partial charge >= 0.3 is 0 Å². The van der Waals surface area contributed by atoms with Gasteiger partial charge in [0, 0.05) is 31.7 Å². The van der Waals surface area contributed by atoms with E-state index in [1.165, 1.54) is 23.9 Å². The van der Waals surface area contributed by atoms with E-state index >= 15 is 0 Å². The summed E-state index contributed by atoms with van der Waals surface area (Å²) in [6, 6.07) is 4.53. The standard InChI is InChI=1S/C17H17Cl2FN4O2/c1-11(25)12-2-3-15(14(20)8-12)23-6-4-22(5-7-23)10-24-17(26)16(19)13(18)9-21-24/h2-3,8-9H,4-7,10H2,1H3. The van der Waals surface area contributed by atoms with Gasteiger partial charge in [-0.15, -0.1) is 0 Å². The highest BCUT2D eigenvalue weighted by atomic mass is 35.5. The van der Waals surface area contributed by atoms with Crippen LogP contribution in [0.4, 0.5) is 10.1 Å². The molecule has 1 fully saturated rings. The van der Waals surface area contributed by atoms with Crippen LogP contribution in [0.15, 0.2) is 29.2 Å². The predicted octanol–water partition coefficient (Wildman–Crippen LogP) is 2.67. The Morgan fingerprint density at radius 1 is 1.23 bits per heavy atom. The van der Waals surface area contributed by atoms with Crippen molar-refractivity contribution in [3.05, 3.63) is 56.2 Å². The van der Waals surface area contributed by atoms with Gasteiger partial charge in [-0.1, -0.05) is 23.2 Å². The first-order valence-electron chi connectivity index (χ1n) is 8.05. The summed E-state index contributed by atoms with van der Waals surface area (Å²) in [6.07, 6.45) is 1.34. The van der Waals surface area contributed by atoms with Crippen LogP contribution < -0.4 is 10.5 Å². The lowest BCUT2D eigenvalue weighted by Gasteiger charge is -2.36. The highest BCUT2D eigenvalue weighted by Crippen LogP contribution is 2.22. The van der Waals surface area contributed by atoms with Gasteiger partial charge < -0.3 is 4.90 Å². The molecule has 9 heteroatoms. The maximum atomic E-state index is 14.3. The van der Waals surface area contributed by atoms with E-state index in [-0.39, 0.29) is 22.5 Å². The number of aromatic nitrogens is 2. The number of piperazine rings is 1.